The van der Waals surface area contributed by atoms with Gasteiger partial charge in [0.05, 0.1) is 19.8 Å². The van der Waals surface area contributed by atoms with Crippen molar-refractivity contribution in [2.45, 2.75) is 33.0 Å². The van der Waals surface area contributed by atoms with Crippen molar-refractivity contribution >= 4 is 0 Å². The third-order valence-corrected chi connectivity index (χ3v) is 3.17. The average Bonchev–Trinajstić information content (AvgIpc) is 2.13. The summed E-state index contributed by atoms with van der Waals surface area (Å²) in [5, 5.41) is 10.2. The van der Waals surface area contributed by atoms with Crippen molar-refractivity contribution < 1.29 is 14.6 Å². The minimum absolute atomic E-state index is 0.163. The molecular weight excluding hydrogens is 216 g/mol. The van der Waals surface area contributed by atoms with E-state index in [-0.39, 0.29) is 6.10 Å². The van der Waals surface area contributed by atoms with Gasteiger partial charge in [-0.3, -0.25) is 0 Å². The number of benzene rings is 1. The van der Waals surface area contributed by atoms with E-state index in [1.807, 2.05) is 13.8 Å². The molecule has 2 rings (SSSR count). The lowest BCUT2D eigenvalue weighted by Crippen LogP contribution is -2.37. The number of hydrogen-bond donors (Lipinski definition) is 1. The summed E-state index contributed by atoms with van der Waals surface area (Å²) in [6.07, 6.45) is -0.382. The molecule has 94 valence electrons. The third kappa shape index (κ3) is 2.86. The molecule has 1 heterocycles. The zero-order valence-corrected chi connectivity index (χ0v) is 10.7. The molecule has 1 aliphatic heterocycles. The molecule has 0 radical (unpaired) electrons. The molecule has 0 saturated carbocycles. The van der Waals surface area contributed by atoms with Gasteiger partial charge >= 0.3 is 0 Å². The standard InChI is InChI=1S/C14H20O3/c1-9-4-10(2)14(11(3)5-9)13(15)8-17-12-6-16-7-12/h4-5,12-13,15H,6-8H2,1-3H3. The van der Waals surface area contributed by atoms with Gasteiger partial charge in [0.15, 0.2) is 0 Å². The molecule has 1 unspecified atom stereocenters. The fourth-order valence-electron chi connectivity index (χ4n) is 2.34. The van der Waals surface area contributed by atoms with Gasteiger partial charge in [-0.25, -0.2) is 0 Å². The molecule has 1 aliphatic rings. The molecule has 1 fully saturated rings. The normalized spacial score (nSPS) is 17.9. The van der Waals surface area contributed by atoms with Crippen LogP contribution in [0.15, 0.2) is 12.1 Å². The summed E-state index contributed by atoms with van der Waals surface area (Å²) >= 11 is 0. The van der Waals surface area contributed by atoms with Gasteiger partial charge in [-0.15, -0.1) is 0 Å². The van der Waals surface area contributed by atoms with Gasteiger partial charge in [0, 0.05) is 0 Å². The zero-order chi connectivity index (χ0) is 12.4. The first-order chi connectivity index (χ1) is 8.08. The van der Waals surface area contributed by atoms with Crippen LogP contribution >= 0.6 is 0 Å². The van der Waals surface area contributed by atoms with Gasteiger partial charge in [0.2, 0.25) is 0 Å². The summed E-state index contributed by atoms with van der Waals surface area (Å²) in [5.41, 5.74) is 4.48. The molecule has 0 amide bonds. The maximum atomic E-state index is 10.2. The smallest absolute Gasteiger partial charge is 0.104 e. The number of rotatable bonds is 4. The first kappa shape index (κ1) is 12.6. The lowest BCUT2D eigenvalue weighted by molar-refractivity contribution is -0.143. The minimum Gasteiger partial charge on any atom is -0.386 e. The number of ether oxygens (including phenoxy) is 2. The summed E-state index contributed by atoms with van der Waals surface area (Å²) in [4.78, 5) is 0. The Balaban J connectivity index is 2.04. The maximum Gasteiger partial charge on any atom is 0.104 e. The molecule has 3 nitrogen and oxygen atoms in total. The Labute approximate surface area is 102 Å². The average molecular weight is 236 g/mol. The Bertz CT molecular complexity index is 373. The van der Waals surface area contributed by atoms with Crippen LogP contribution in [-0.2, 0) is 9.47 Å². The van der Waals surface area contributed by atoms with Gasteiger partial charge < -0.3 is 14.6 Å². The summed E-state index contributed by atoms with van der Waals surface area (Å²) in [6.45, 7) is 7.78. The lowest BCUT2D eigenvalue weighted by atomic mass is 9.96. The van der Waals surface area contributed by atoms with Crippen LogP contribution in [0.2, 0.25) is 0 Å². The van der Waals surface area contributed by atoms with E-state index in [1.54, 1.807) is 0 Å². The fourth-order valence-corrected chi connectivity index (χ4v) is 2.34. The largest absolute Gasteiger partial charge is 0.386 e. The van der Waals surface area contributed by atoms with Gasteiger partial charge in [-0.05, 0) is 37.5 Å². The monoisotopic (exact) mass is 236 g/mol. The first-order valence-corrected chi connectivity index (χ1v) is 6.03. The Morgan fingerprint density at radius 1 is 1.29 bits per heavy atom. The molecule has 1 aromatic carbocycles. The fraction of sp³-hybridized carbons (Fsp3) is 0.571. The minimum atomic E-state index is -0.545. The van der Waals surface area contributed by atoms with Crippen LogP contribution in [0.3, 0.4) is 0 Å². The lowest BCUT2D eigenvalue weighted by Gasteiger charge is -2.27. The van der Waals surface area contributed by atoms with Crippen LogP contribution in [0, 0.1) is 20.8 Å². The van der Waals surface area contributed by atoms with Crippen molar-refractivity contribution in [1.29, 1.82) is 0 Å². The predicted octanol–water partition coefficient (Wildman–Crippen LogP) is 2.06. The van der Waals surface area contributed by atoms with Crippen molar-refractivity contribution in [1.82, 2.24) is 0 Å². The van der Waals surface area contributed by atoms with E-state index in [4.69, 9.17) is 9.47 Å². The van der Waals surface area contributed by atoms with Crippen LogP contribution < -0.4 is 0 Å². The van der Waals surface area contributed by atoms with E-state index in [1.165, 1.54) is 5.56 Å². The number of hydrogen-bond acceptors (Lipinski definition) is 3. The molecule has 1 saturated heterocycles. The number of aliphatic hydroxyl groups is 1. The SMILES string of the molecule is Cc1cc(C)c(C(O)COC2COC2)c(C)c1. The highest BCUT2D eigenvalue weighted by Crippen LogP contribution is 2.24. The quantitative estimate of drug-likeness (QED) is 0.869. The highest BCUT2D eigenvalue weighted by atomic mass is 16.6. The second-order valence-corrected chi connectivity index (χ2v) is 4.82. The Kier molecular flexibility index (Phi) is 3.82. The van der Waals surface area contributed by atoms with Gasteiger partial charge in [-0.2, -0.15) is 0 Å². The van der Waals surface area contributed by atoms with Crippen molar-refractivity contribution in [2.24, 2.45) is 0 Å². The summed E-state index contributed by atoms with van der Waals surface area (Å²) in [6, 6.07) is 4.19. The van der Waals surface area contributed by atoms with E-state index < -0.39 is 6.10 Å². The molecule has 3 heteroatoms. The highest BCUT2D eigenvalue weighted by molar-refractivity contribution is 5.38. The molecule has 1 atom stereocenters. The van der Waals surface area contributed by atoms with E-state index >= 15 is 0 Å². The summed E-state index contributed by atoms with van der Waals surface area (Å²) < 4.78 is 10.6. The van der Waals surface area contributed by atoms with Crippen LogP contribution in [0.25, 0.3) is 0 Å². The molecule has 1 N–H and O–H groups in total. The number of aliphatic hydroxyl groups excluding tert-OH is 1. The van der Waals surface area contributed by atoms with Gasteiger partial charge in [-0.1, -0.05) is 17.7 Å². The Morgan fingerprint density at radius 3 is 2.35 bits per heavy atom. The number of aryl methyl sites for hydroxylation is 3. The molecule has 1 aromatic rings. The van der Waals surface area contributed by atoms with E-state index in [0.29, 0.717) is 19.8 Å². The Morgan fingerprint density at radius 2 is 1.88 bits per heavy atom. The molecule has 0 bridgehead atoms. The van der Waals surface area contributed by atoms with Crippen LogP contribution in [-0.4, -0.2) is 31.0 Å². The second-order valence-electron chi connectivity index (χ2n) is 4.82. The van der Waals surface area contributed by atoms with Gasteiger partial charge in [0.25, 0.3) is 0 Å². The van der Waals surface area contributed by atoms with Crippen molar-refractivity contribution in [3.63, 3.8) is 0 Å². The van der Waals surface area contributed by atoms with Crippen LogP contribution in [0.1, 0.15) is 28.4 Å². The van der Waals surface area contributed by atoms with Crippen LogP contribution in [0.4, 0.5) is 0 Å². The maximum absolute atomic E-state index is 10.2. The van der Waals surface area contributed by atoms with Gasteiger partial charge in [0.1, 0.15) is 12.2 Å². The second kappa shape index (κ2) is 5.17. The highest BCUT2D eigenvalue weighted by Gasteiger charge is 2.21. The first-order valence-electron chi connectivity index (χ1n) is 6.03. The van der Waals surface area contributed by atoms with Crippen molar-refractivity contribution in [3.8, 4) is 0 Å². The van der Waals surface area contributed by atoms with E-state index in [9.17, 15) is 5.11 Å². The van der Waals surface area contributed by atoms with Crippen LogP contribution in [0.5, 0.6) is 0 Å². The van der Waals surface area contributed by atoms with E-state index in [0.717, 1.165) is 16.7 Å². The predicted molar refractivity (Wildman–Crippen MR) is 66.2 cm³/mol. The Hall–Kier alpha value is -0.900. The summed E-state index contributed by atoms with van der Waals surface area (Å²) in [5.74, 6) is 0. The van der Waals surface area contributed by atoms with Crippen molar-refractivity contribution in [2.75, 3.05) is 19.8 Å². The molecule has 0 aliphatic carbocycles. The van der Waals surface area contributed by atoms with Crippen molar-refractivity contribution in [3.05, 3.63) is 34.4 Å². The molecule has 0 aromatic heterocycles. The molecule has 17 heavy (non-hydrogen) atoms. The van der Waals surface area contributed by atoms with E-state index in [2.05, 4.69) is 19.1 Å². The molecular formula is C14H20O3. The topological polar surface area (TPSA) is 38.7 Å². The third-order valence-electron chi connectivity index (χ3n) is 3.17. The zero-order valence-electron chi connectivity index (χ0n) is 10.7. The summed E-state index contributed by atoms with van der Waals surface area (Å²) in [7, 11) is 0. The molecule has 0 spiro atoms.